The second-order valence-electron chi connectivity index (χ2n) is 10.6. The van der Waals surface area contributed by atoms with Crippen LogP contribution >= 0.6 is 0 Å². The summed E-state index contributed by atoms with van der Waals surface area (Å²) in [5, 5.41) is 3.56. The first kappa shape index (κ1) is 25.6. The van der Waals surface area contributed by atoms with E-state index < -0.39 is 0 Å². The van der Waals surface area contributed by atoms with E-state index in [4.69, 9.17) is 15.0 Å². The third kappa shape index (κ3) is 4.76. The Kier molecular flexibility index (Phi) is 6.39. The smallest absolute Gasteiger partial charge is 0.160 e. The van der Waals surface area contributed by atoms with Gasteiger partial charge in [-0.2, -0.15) is 0 Å². The Morgan fingerprint density at radius 3 is 1.75 bits per heavy atom. The van der Waals surface area contributed by atoms with Gasteiger partial charge in [0, 0.05) is 52.4 Å². The van der Waals surface area contributed by atoms with Crippen molar-refractivity contribution in [2.45, 2.75) is 0 Å². The van der Waals surface area contributed by atoms with Crippen molar-refractivity contribution in [3.8, 4) is 56.3 Å². The van der Waals surface area contributed by atoms with Crippen molar-refractivity contribution in [1.82, 2.24) is 24.9 Å². The first-order valence-corrected chi connectivity index (χ1v) is 14.5. The molecule has 4 aromatic carbocycles. The Labute approximate surface area is 254 Å². The van der Waals surface area contributed by atoms with E-state index in [-0.39, 0.29) is 0 Å². The lowest BCUT2D eigenvalue weighted by Gasteiger charge is -2.14. The maximum absolute atomic E-state index is 5.20. The fourth-order valence-electron chi connectivity index (χ4n) is 5.73. The van der Waals surface area contributed by atoms with Gasteiger partial charge in [0.1, 0.15) is 0 Å². The molecule has 0 spiro atoms. The van der Waals surface area contributed by atoms with E-state index in [9.17, 15) is 0 Å². The summed E-state index contributed by atoms with van der Waals surface area (Å²) >= 11 is 0. The number of hydrogen-bond donors (Lipinski definition) is 0. The average Bonchev–Trinajstić information content (AvgIpc) is 3.12. The first-order chi connectivity index (χ1) is 21.8. The van der Waals surface area contributed by atoms with E-state index in [1.807, 2.05) is 30.3 Å². The summed E-state index contributed by atoms with van der Waals surface area (Å²) in [5.74, 6) is 0.643. The number of hydrogen-bond acceptors (Lipinski definition) is 5. The van der Waals surface area contributed by atoms with Crippen LogP contribution in [0, 0.1) is 0 Å². The van der Waals surface area contributed by atoms with E-state index in [0.29, 0.717) is 5.82 Å². The zero-order chi connectivity index (χ0) is 29.3. The van der Waals surface area contributed by atoms with Crippen LogP contribution in [0.4, 0.5) is 0 Å². The monoisotopic (exact) mass is 563 g/mol. The van der Waals surface area contributed by atoms with E-state index in [2.05, 4.69) is 107 Å². The lowest BCUT2D eigenvalue weighted by molar-refractivity contribution is 1.17. The van der Waals surface area contributed by atoms with Gasteiger partial charge in [-0.15, -0.1) is 0 Å². The predicted octanol–water partition coefficient (Wildman–Crippen LogP) is 9.30. The summed E-state index contributed by atoms with van der Waals surface area (Å²) < 4.78 is 0. The molecule has 0 N–H and O–H groups in total. The van der Waals surface area contributed by atoms with Crippen LogP contribution in [-0.4, -0.2) is 24.9 Å². The maximum atomic E-state index is 5.20. The van der Waals surface area contributed by atoms with E-state index in [1.165, 1.54) is 10.8 Å². The quantitative estimate of drug-likeness (QED) is 0.195. The minimum absolute atomic E-state index is 0.643. The summed E-state index contributed by atoms with van der Waals surface area (Å²) in [4.78, 5) is 23.5. The molecule has 0 saturated carbocycles. The Hall–Kier alpha value is -6.07. The molecule has 0 radical (unpaired) electrons. The SMILES string of the molecule is c1ccc(-c2cc(-c3cccc(-c4cc(-c5ccncc5)nc(-c5ccncc5)n4)c3)nc3ccc4ccccc4c23)cc1. The molecule has 4 aromatic heterocycles. The minimum Gasteiger partial charge on any atom is -0.265 e. The molecule has 0 fully saturated rings. The molecule has 0 unspecified atom stereocenters. The van der Waals surface area contributed by atoms with Gasteiger partial charge < -0.3 is 0 Å². The van der Waals surface area contributed by atoms with E-state index >= 15 is 0 Å². The van der Waals surface area contributed by atoms with Crippen molar-refractivity contribution in [1.29, 1.82) is 0 Å². The van der Waals surface area contributed by atoms with Crippen molar-refractivity contribution in [2.75, 3.05) is 0 Å². The highest BCUT2D eigenvalue weighted by Gasteiger charge is 2.15. The van der Waals surface area contributed by atoms with Crippen molar-refractivity contribution >= 4 is 21.7 Å². The number of nitrogens with zero attached hydrogens (tertiary/aromatic N) is 5. The number of rotatable bonds is 5. The molecule has 0 atom stereocenters. The van der Waals surface area contributed by atoms with Crippen LogP contribution in [0.15, 0.2) is 152 Å². The van der Waals surface area contributed by atoms with Crippen molar-refractivity contribution in [3.63, 3.8) is 0 Å². The van der Waals surface area contributed by atoms with Gasteiger partial charge in [-0.25, -0.2) is 15.0 Å². The molecule has 8 rings (SSSR count). The molecule has 5 nitrogen and oxygen atoms in total. The van der Waals surface area contributed by atoms with Crippen LogP contribution in [0.3, 0.4) is 0 Å². The summed E-state index contributed by atoms with van der Waals surface area (Å²) in [6.07, 6.45) is 7.08. The van der Waals surface area contributed by atoms with Crippen LogP contribution in [0.5, 0.6) is 0 Å². The standard InChI is InChI=1S/C39H25N5/c1-2-7-26(8-3-1)33-24-35(42-34-14-13-27-9-4-5-12-32(27)38(33)34)30-10-6-11-31(23-30)37-25-36(28-15-19-40-20-16-28)43-39(44-37)29-17-21-41-22-18-29/h1-25H. The second-order valence-corrected chi connectivity index (χ2v) is 10.6. The molecule has 0 aliphatic heterocycles. The third-order valence-corrected chi connectivity index (χ3v) is 7.88. The second kappa shape index (κ2) is 11.0. The lowest BCUT2D eigenvalue weighted by atomic mass is 9.94. The van der Waals surface area contributed by atoms with Crippen LogP contribution in [0.25, 0.3) is 78.0 Å². The molecular weight excluding hydrogens is 538 g/mol. The molecule has 4 heterocycles. The van der Waals surface area contributed by atoms with Gasteiger partial charge in [-0.3, -0.25) is 9.97 Å². The average molecular weight is 564 g/mol. The summed E-state index contributed by atoms with van der Waals surface area (Å²) in [6, 6.07) is 43.8. The molecule has 0 aliphatic carbocycles. The molecule has 0 bridgehead atoms. The van der Waals surface area contributed by atoms with Gasteiger partial charge in [0.25, 0.3) is 0 Å². The Bertz CT molecular complexity index is 2210. The predicted molar refractivity (Wildman–Crippen MR) is 178 cm³/mol. The molecule has 0 aliphatic rings. The fraction of sp³-hybridized carbons (Fsp3) is 0. The topological polar surface area (TPSA) is 64.5 Å². The number of pyridine rings is 3. The Morgan fingerprint density at radius 2 is 1.00 bits per heavy atom. The van der Waals surface area contributed by atoms with Gasteiger partial charge in [0.2, 0.25) is 0 Å². The summed E-state index contributed by atoms with van der Waals surface area (Å²) in [6.45, 7) is 0. The van der Waals surface area contributed by atoms with Gasteiger partial charge in [-0.1, -0.05) is 78.9 Å². The molecule has 206 valence electrons. The van der Waals surface area contributed by atoms with Gasteiger partial charge in [0.15, 0.2) is 5.82 Å². The van der Waals surface area contributed by atoms with Crippen molar-refractivity contribution in [2.24, 2.45) is 0 Å². The molecule has 8 aromatic rings. The highest BCUT2D eigenvalue weighted by atomic mass is 14.9. The zero-order valence-corrected chi connectivity index (χ0v) is 23.7. The largest absolute Gasteiger partial charge is 0.265 e. The Morgan fingerprint density at radius 1 is 0.386 bits per heavy atom. The maximum Gasteiger partial charge on any atom is 0.160 e. The Balaban J connectivity index is 1.31. The van der Waals surface area contributed by atoms with Crippen LogP contribution in [0.1, 0.15) is 0 Å². The summed E-state index contributed by atoms with van der Waals surface area (Å²) in [5.41, 5.74) is 9.74. The van der Waals surface area contributed by atoms with Gasteiger partial charge >= 0.3 is 0 Å². The van der Waals surface area contributed by atoms with Crippen LogP contribution in [0.2, 0.25) is 0 Å². The summed E-state index contributed by atoms with van der Waals surface area (Å²) in [7, 11) is 0. The van der Waals surface area contributed by atoms with Crippen LogP contribution in [-0.2, 0) is 0 Å². The zero-order valence-electron chi connectivity index (χ0n) is 23.7. The molecule has 0 saturated heterocycles. The molecular formula is C39H25N5. The molecule has 5 heteroatoms. The first-order valence-electron chi connectivity index (χ1n) is 14.5. The highest BCUT2D eigenvalue weighted by Crippen LogP contribution is 2.37. The fourth-order valence-corrected chi connectivity index (χ4v) is 5.73. The van der Waals surface area contributed by atoms with Gasteiger partial charge in [-0.05, 0) is 70.4 Å². The van der Waals surface area contributed by atoms with Gasteiger partial charge in [0.05, 0.1) is 22.6 Å². The number of fused-ring (bicyclic) bond motifs is 3. The minimum atomic E-state index is 0.643. The van der Waals surface area contributed by atoms with E-state index in [0.717, 1.165) is 61.4 Å². The number of benzene rings is 4. The number of aromatic nitrogens is 5. The van der Waals surface area contributed by atoms with Crippen molar-refractivity contribution < 1.29 is 0 Å². The van der Waals surface area contributed by atoms with Crippen LogP contribution < -0.4 is 0 Å². The highest BCUT2D eigenvalue weighted by molar-refractivity contribution is 6.13. The molecule has 44 heavy (non-hydrogen) atoms. The van der Waals surface area contributed by atoms with E-state index in [1.54, 1.807) is 24.8 Å². The normalized spacial score (nSPS) is 11.2. The lowest BCUT2D eigenvalue weighted by Crippen LogP contribution is -1.96. The van der Waals surface area contributed by atoms with Crippen molar-refractivity contribution in [3.05, 3.63) is 152 Å². The third-order valence-electron chi connectivity index (χ3n) is 7.88. The molecule has 0 amide bonds.